The molecule has 0 aliphatic heterocycles. The van der Waals surface area contributed by atoms with Gasteiger partial charge in [-0.3, -0.25) is 9.79 Å². The lowest BCUT2D eigenvalue weighted by Crippen LogP contribution is -2.38. The highest BCUT2D eigenvalue weighted by Crippen LogP contribution is 2.28. The Labute approximate surface area is 175 Å². The second kappa shape index (κ2) is 14.5. The van der Waals surface area contributed by atoms with Crippen molar-refractivity contribution in [2.75, 3.05) is 32.8 Å². The monoisotopic (exact) mass is 481 g/mol. The van der Waals surface area contributed by atoms with Gasteiger partial charge in [-0.1, -0.05) is 0 Å². The SMILES string of the molecule is CCNC(=NCCCC(=O)OC1CCCC1)NCCCOCC1CC1.I. The van der Waals surface area contributed by atoms with E-state index >= 15 is 0 Å². The minimum Gasteiger partial charge on any atom is -0.462 e. The van der Waals surface area contributed by atoms with Crippen molar-refractivity contribution in [1.82, 2.24) is 10.6 Å². The predicted molar refractivity (Wildman–Crippen MR) is 115 cm³/mol. The van der Waals surface area contributed by atoms with Gasteiger partial charge in [0.1, 0.15) is 6.10 Å². The van der Waals surface area contributed by atoms with Gasteiger partial charge in [0.2, 0.25) is 0 Å². The van der Waals surface area contributed by atoms with Crippen LogP contribution in [0.4, 0.5) is 0 Å². The van der Waals surface area contributed by atoms with Crippen LogP contribution in [0.1, 0.15) is 64.7 Å². The van der Waals surface area contributed by atoms with Crippen LogP contribution in [0, 0.1) is 5.92 Å². The van der Waals surface area contributed by atoms with Gasteiger partial charge in [-0.2, -0.15) is 0 Å². The molecule has 2 fully saturated rings. The summed E-state index contributed by atoms with van der Waals surface area (Å²) in [7, 11) is 0. The minimum atomic E-state index is -0.0760. The summed E-state index contributed by atoms with van der Waals surface area (Å²) in [5, 5.41) is 6.54. The van der Waals surface area contributed by atoms with Gasteiger partial charge in [-0.05, 0) is 64.2 Å². The first-order chi connectivity index (χ1) is 12.3. The molecular formula is C19H36IN3O3. The molecule has 2 aliphatic carbocycles. The van der Waals surface area contributed by atoms with Crippen LogP contribution in [0.5, 0.6) is 0 Å². The molecule has 0 bridgehead atoms. The van der Waals surface area contributed by atoms with Gasteiger partial charge in [-0.25, -0.2) is 0 Å². The number of ether oxygens (including phenoxy) is 2. The molecule has 0 aromatic rings. The Hall–Kier alpha value is -0.570. The van der Waals surface area contributed by atoms with E-state index in [0.29, 0.717) is 13.0 Å². The average molecular weight is 481 g/mol. The molecule has 152 valence electrons. The molecule has 0 unspecified atom stereocenters. The molecule has 0 atom stereocenters. The molecule has 0 radical (unpaired) electrons. The molecule has 0 aromatic carbocycles. The summed E-state index contributed by atoms with van der Waals surface area (Å²) < 4.78 is 11.1. The maximum Gasteiger partial charge on any atom is 0.306 e. The summed E-state index contributed by atoms with van der Waals surface area (Å²) in [5.74, 6) is 1.56. The predicted octanol–water partition coefficient (Wildman–Crippen LogP) is 3.24. The lowest BCUT2D eigenvalue weighted by atomic mass is 10.3. The average Bonchev–Trinajstić information content (AvgIpc) is 3.29. The maximum absolute atomic E-state index is 11.8. The molecule has 2 saturated carbocycles. The third-order valence-corrected chi connectivity index (χ3v) is 4.56. The van der Waals surface area contributed by atoms with Crippen LogP contribution in [0.15, 0.2) is 4.99 Å². The number of esters is 1. The zero-order valence-electron chi connectivity index (χ0n) is 16.1. The topological polar surface area (TPSA) is 72.0 Å². The second-order valence-corrected chi connectivity index (χ2v) is 7.06. The summed E-state index contributed by atoms with van der Waals surface area (Å²) in [6, 6.07) is 0. The largest absolute Gasteiger partial charge is 0.462 e. The first-order valence-corrected chi connectivity index (χ1v) is 10.1. The van der Waals surface area contributed by atoms with Crippen molar-refractivity contribution in [3.05, 3.63) is 0 Å². The lowest BCUT2D eigenvalue weighted by molar-refractivity contribution is -0.148. The molecule has 6 nitrogen and oxygen atoms in total. The third-order valence-electron chi connectivity index (χ3n) is 4.56. The summed E-state index contributed by atoms with van der Waals surface area (Å²) in [6.45, 7) is 6.08. The Balaban J connectivity index is 0.00000338. The van der Waals surface area contributed by atoms with Crippen molar-refractivity contribution in [3.8, 4) is 0 Å². The van der Waals surface area contributed by atoms with Gasteiger partial charge in [0, 0.05) is 39.3 Å². The van der Waals surface area contributed by atoms with Crippen molar-refractivity contribution in [2.24, 2.45) is 10.9 Å². The molecule has 26 heavy (non-hydrogen) atoms. The quantitative estimate of drug-likeness (QED) is 0.147. The van der Waals surface area contributed by atoms with E-state index in [1.54, 1.807) is 0 Å². The van der Waals surface area contributed by atoms with Gasteiger partial charge in [0.15, 0.2) is 5.96 Å². The molecule has 0 aromatic heterocycles. The number of hydrogen-bond acceptors (Lipinski definition) is 4. The fourth-order valence-electron chi connectivity index (χ4n) is 2.92. The minimum absolute atomic E-state index is 0. The summed E-state index contributed by atoms with van der Waals surface area (Å²) >= 11 is 0. The number of nitrogens with one attached hydrogen (secondary N) is 2. The Kier molecular flexibility index (Phi) is 13.1. The van der Waals surface area contributed by atoms with Gasteiger partial charge in [0.05, 0.1) is 0 Å². The van der Waals surface area contributed by atoms with E-state index in [4.69, 9.17) is 9.47 Å². The van der Waals surface area contributed by atoms with E-state index in [9.17, 15) is 4.79 Å². The van der Waals surface area contributed by atoms with E-state index in [1.165, 1.54) is 25.7 Å². The van der Waals surface area contributed by atoms with Crippen LogP contribution in [0.3, 0.4) is 0 Å². The van der Waals surface area contributed by atoms with Crippen molar-refractivity contribution in [2.45, 2.75) is 70.8 Å². The van der Waals surface area contributed by atoms with E-state index in [-0.39, 0.29) is 36.0 Å². The van der Waals surface area contributed by atoms with Crippen LogP contribution in [-0.4, -0.2) is 50.9 Å². The van der Waals surface area contributed by atoms with Crippen molar-refractivity contribution in [3.63, 3.8) is 0 Å². The number of carbonyl (C=O) groups excluding carboxylic acids is 1. The van der Waals surface area contributed by atoms with E-state index < -0.39 is 0 Å². The van der Waals surface area contributed by atoms with E-state index in [1.807, 2.05) is 0 Å². The van der Waals surface area contributed by atoms with Gasteiger partial charge in [-0.15, -0.1) is 24.0 Å². The highest BCUT2D eigenvalue weighted by molar-refractivity contribution is 14.0. The van der Waals surface area contributed by atoms with Crippen LogP contribution < -0.4 is 10.6 Å². The van der Waals surface area contributed by atoms with Crippen LogP contribution in [-0.2, 0) is 14.3 Å². The number of nitrogens with zero attached hydrogens (tertiary/aromatic N) is 1. The molecule has 2 N–H and O–H groups in total. The molecule has 2 rings (SSSR count). The van der Waals surface area contributed by atoms with E-state index in [0.717, 1.165) is 63.9 Å². The van der Waals surface area contributed by atoms with E-state index in [2.05, 4.69) is 22.5 Å². The smallest absolute Gasteiger partial charge is 0.306 e. The molecule has 0 amide bonds. The number of aliphatic imine (C=N–C) groups is 1. The lowest BCUT2D eigenvalue weighted by Gasteiger charge is -2.12. The molecule has 7 heteroatoms. The summed E-state index contributed by atoms with van der Waals surface area (Å²) in [4.78, 5) is 16.3. The summed E-state index contributed by atoms with van der Waals surface area (Å²) in [6.07, 6.45) is 9.43. The van der Waals surface area contributed by atoms with Gasteiger partial charge < -0.3 is 20.1 Å². The maximum atomic E-state index is 11.8. The normalized spacial score (nSPS) is 17.7. The van der Waals surface area contributed by atoms with Crippen LogP contribution in [0.25, 0.3) is 0 Å². The van der Waals surface area contributed by atoms with Crippen LogP contribution in [0.2, 0.25) is 0 Å². The standard InChI is InChI=1S/C19H35N3O3.HI/c1-2-20-19(22-13-6-14-24-15-16-10-11-16)21-12-5-9-18(23)25-17-7-3-4-8-17;/h16-17H,2-15H2,1H3,(H2,20,21,22);1H. The molecular weight excluding hydrogens is 445 g/mol. The number of rotatable bonds is 12. The highest BCUT2D eigenvalue weighted by atomic mass is 127. The highest BCUT2D eigenvalue weighted by Gasteiger charge is 2.21. The van der Waals surface area contributed by atoms with Crippen molar-refractivity contribution >= 4 is 35.9 Å². The first kappa shape index (κ1) is 23.5. The number of carbonyl (C=O) groups is 1. The summed E-state index contributed by atoms with van der Waals surface area (Å²) in [5.41, 5.74) is 0. The van der Waals surface area contributed by atoms with Gasteiger partial charge in [0.25, 0.3) is 0 Å². The van der Waals surface area contributed by atoms with Gasteiger partial charge >= 0.3 is 5.97 Å². The molecule has 0 heterocycles. The first-order valence-electron chi connectivity index (χ1n) is 10.1. The number of hydrogen-bond donors (Lipinski definition) is 2. The molecule has 2 aliphatic rings. The van der Waals surface area contributed by atoms with Crippen molar-refractivity contribution in [1.29, 1.82) is 0 Å². The molecule has 0 spiro atoms. The van der Waals surface area contributed by atoms with Crippen molar-refractivity contribution < 1.29 is 14.3 Å². The fraction of sp³-hybridized carbons (Fsp3) is 0.895. The second-order valence-electron chi connectivity index (χ2n) is 7.06. The Bertz CT molecular complexity index is 411. The fourth-order valence-corrected chi connectivity index (χ4v) is 2.92. The molecule has 0 saturated heterocycles. The Morgan fingerprint density at radius 1 is 1.12 bits per heavy atom. The zero-order chi connectivity index (χ0) is 17.7. The van der Waals surface area contributed by atoms with Crippen LogP contribution >= 0.6 is 24.0 Å². The Morgan fingerprint density at radius 3 is 2.58 bits per heavy atom. The Morgan fingerprint density at radius 2 is 1.88 bits per heavy atom. The third kappa shape index (κ3) is 11.2. The number of guanidine groups is 1. The zero-order valence-corrected chi connectivity index (χ0v) is 18.5. The number of halogens is 1.